The molecule has 1 heterocycles. The van der Waals surface area contributed by atoms with Crippen molar-refractivity contribution >= 4 is 63.8 Å². The van der Waals surface area contributed by atoms with Gasteiger partial charge in [0.1, 0.15) is 0 Å². The van der Waals surface area contributed by atoms with E-state index in [1.807, 2.05) is 0 Å². The van der Waals surface area contributed by atoms with Crippen molar-refractivity contribution in [1.82, 2.24) is 4.90 Å². The SMILES string of the molecule is COC(=O)c1cccc(N=C2SC(=Cc3ccc(Cl)cc3Cl)C(=O)N2C)c1. The highest BCUT2D eigenvalue weighted by Crippen LogP contribution is 2.34. The second-order valence-electron chi connectivity index (χ2n) is 5.58. The number of aliphatic imine (C=N–C) groups is 1. The highest BCUT2D eigenvalue weighted by molar-refractivity contribution is 8.18. The number of benzene rings is 2. The first kappa shape index (κ1) is 19.5. The minimum atomic E-state index is -0.446. The minimum absolute atomic E-state index is 0.186. The molecule has 0 aliphatic carbocycles. The molecule has 1 saturated heterocycles. The number of rotatable bonds is 3. The van der Waals surface area contributed by atoms with E-state index in [1.165, 1.54) is 23.8 Å². The van der Waals surface area contributed by atoms with E-state index in [4.69, 9.17) is 27.9 Å². The number of ether oxygens (including phenoxy) is 1. The summed E-state index contributed by atoms with van der Waals surface area (Å²) in [6.45, 7) is 0. The average molecular weight is 421 g/mol. The number of hydrogen-bond donors (Lipinski definition) is 0. The summed E-state index contributed by atoms with van der Waals surface area (Å²) in [6.07, 6.45) is 1.70. The molecule has 1 aliphatic heterocycles. The number of amides is 1. The fraction of sp³-hybridized carbons (Fsp3) is 0.105. The predicted octanol–water partition coefficient (Wildman–Crippen LogP) is 5.01. The van der Waals surface area contributed by atoms with Crippen LogP contribution in [0.5, 0.6) is 0 Å². The zero-order chi connectivity index (χ0) is 19.6. The van der Waals surface area contributed by atoms with Gasteiger partial charge >= 0.3 is 5.97 Å². The molecule has 2 aromatic carbocycles. The van der Waals surface area contributed by atoms with E-state index in [0.717, 1.165) is 0 Å². The number of hydrogen-bond acceptors (Lipinski definition) is 5. The van der Waals surface area contributed by atoms with Crippen LogP contribution in [0.3, 0.4) is 0 Å². The van der Waals surface area contributed by atoms with Crippen LogP contribution in [0.2, 0.25) is 10.0 Å². The molecule has 0 atom stereocenters. The summed E-state index contributed by atoms with van der Waals surface area (Å²) in [5, 5.41) is 1.48. The predicted molar refractivity (Wildman–Crippen MR) is 110 cm³/mol. The smallest absolute Gasteiger partial charge is 0.337 e. The molecule has 2 aromatic rings. The van der Waals surface area contributed by atoms with Crippen LogP contribution in [-0.4, -0.2) is 36.1 Å². The summed E-state index contributed by atoms with van der Waals surface area (Å²) < 4.78 is 4.71. The van der Waals surface area contributed by atoms with Crippen LogP contribution in [0.4, 0.5) is 5.69 Å². The quantitative estimate of drug-likeness (QED) is 0.516. The molecule has 1 amide bonds. The lowest BCUT2D eigenvalue weighted by atomic mass is 10.2. The van der Waals surface area contributed by atoms with Gasteiger partial charge in [-0.1, -0.05) is 35.3 Å². The van der Waals surface area contributed by atoms with Crippen LogP contribution >= 0.6 is 35.0 Å². The van der Waals surface area contributed by atoms with E-state index in [0.29, 0.717) is 36.9 Å². The van der Waals surface area contributed by atoms with Crippen LogP contribution in [0.15, 0.2) is 52.4 Å². The maximum Gasteiger partial charge on any atom is 0.337 e. The molecule has 1 fully saturated rings. The third kappa shape index (κ3) is 4.35. The normalized spacial score (nSPS) is 17.0. The van der Waals surface area contributed by atoms with Gasteiger partial charge in [0.2, 0.25) is 0 Å². The lowest BCUT2D eigenvalue weighted by molar-refractivity contribution is -0.121. The van der Waals surface area contributed by atoms with Gasteiger partial charge in [0.15, 0.2) is 5.17 Å². The fourth-order valence-corrected chi connectivity index (χ4v) is 3.78. The second-order valence-corrected chi connectivity index (χ2v) is 7.43. The number of amidine groups is 1. The number of nitrogens with zero attached hydrogens (tertiary/aromatic N) is 2. The van der Waals surface area contributed by atoms with Crippen molar-refractivity contribution in [3.8, 4) is 0 Å². The molecule has 0 saturated carbocycles. The Morgan fingerprint density at radius 3 is 2.70 bits per heavy atom. The highest BCUT2D eigenvalue weighted by atomic mass is 35.5. The third-order valence-electron chi connectivity index (χ3n) is 3.74. The summed E-state index contributed by atoms with van der Waals surface area (Å²) in [7, 11) is 2.96. The summed E-state index contributed by atoms with van der Waals surface area (Å²) in [5.41, 5.74) is 1.63. The van der Waals surface area contributed by atoms with Crippen LogP contribution in [0.1, 0.15) is 15.9 Å². The van der Waals surface area contributed by atoms with Gasteiger partial charge in [-0.25, -0.2) is 9.79 Å². The van der Waals surface area contributed by atoms with Gasteiger partial charge in [-0.3, -0.25) is 9.69 Å². The van der Waals surface area contributed by atoms with E-state index in [-0.39, 0.29) is 5.91 Å². The van der Waals surface area contributed by atoms with Crippen molar-refractivity contribution in [2.75, 3.05) is 14.2 Å². The summed E-state index contributed by atoms with van der Waals surface area (Å²) in [4.78, 5) is 30.6. The molecule has 1 aliphatic rings. The molecule has 0 radical (unpaired) electrons. The Morgan fingerprint density at radius 1 is 1.22 bits per heavy atom. The monoisotopic (exact) mass is 420 g/mol. The van der Waals surface area contributed by atoms with Crippen molar-refractivity contribution in [3.63, 3.8) is 0 Å². The van der Waals surface area contributed by atoms with E-state index < -0.39 is 5.97 Å². The second kappa shape index (κ2) is 8.17. The molecule has 138 valence electrons. The van der Waals surface area contributed by atoms with Crippen molar-refractivity contribution in [3.05, 3.63) is 68.5 Å². The van der Waals surface area contributed by atoms with Crippen molar-refractivity contribution in [1.29, 1.82) is 0 Å². The molecule has 0 bridgehead atoms. The van der Waals surface area contributed by atoms with E-state index in [1.54, 1.807) is 55.6 Å². The van der Waals surface area contributed by atoms with Gasteiger partial charge in [-0.15, -0.1) is 0 Å². The summed E-state index contributed by atoms with van der Waals surface area (Å²) >= 11 is 13.3. The lowest BCUT2D eigenvalue weighted by Gasteiger charge is -2.07. The standard InChI is InChI=1S/C19H14Cl2N2O3S/c1-23-17(24)16(9-11-6-7-13(20)10-15(11)21)27-19(23)22-14-5-3-4-12(8-14)18(25)26-2/h3-10H,1-2H3. The molecule has 0 spiro atoms. The Morgan fingerprint density at radius 2 is 2.00 bits per heavy atom. The van der Waals surface area contributed by atoms with Gasteiger partial charge in [0.05, 0.1) is 23.3 Å². The number of likely N-dealkylation sites (N-methyl/N-ethyl adjacent to an activating group) is 1. The highest BCUT2D eigenvalue weighted by Gasteiger charge is 2.30. The Labute approximate surface area is 170 Å². The van der Waals surface area contributed by atoms with Crippen molar-refractivity contribution in [2.24, 2.45) is 4.99 Å². The van der Waals surface area contributed by atoms with Gasteiger partial charge in [-0.05, 0) is 53.7 Å². The van der Waals surface area contributed by atoms with Crippen LogP contribution in [0.25, 0.3) is 6.08 Å². The fourth-order valence-electron chi connectivity index (χ4n) is 2.34. The topological polar surface area (TPSA) is 59.0 Å². The number of methoxy groups -OCH3 is 1. The Hall–Kier alpha value is -2.28. The number of halogens is 2. The molecule has 5 nitrogen and oxygen atoms in total. The maximum absolute atomic E-state index is 12.5. The average Bonchev–Trinajstić information content (AvgIpc) is 2.91. The van der Waals surface area contributed by atoms with Crippen molar-refractivity contribution in [2.45, 2.75) is 0 Å². The first-order valence-corrected chi connectivity index (χ1v) is 9.36. The number of carbonyl (C=O) groups excluding carboxylic acids is 2. The molecular formula is C19H14Cl2N2O3S. The van der Waals surface area contributed by atoms with Gasteiger partial charge < -0.3 is 4.74 Å². The number of carbonyl (C=O) groups is 2. The molecule has 8 heteroatoms. The Balaban J connectivity index is 1.91. The first-order chi connectivity index (χ1) is 12.9. The zero-order valence-corrected chi connectivity index (χ0v) is 16.7. The molecule has 0 N–H and O–H groups in total. The van der Waals surface area contributed by atoms with Crippen LogP contribution < -0.4 is 0 Å². The van der Waals surface area contributed by atoms with E-state index in [9.17, 15) is 9.59 Å². The van der Waals surface area contributed by atoms with Gasteiger partial charge in [0.25, 0.3) is 5.91 Å². The molecule has 27 heavy (non-hydrogen) atoms. The van der Waals surface area contributed by atoms with Crippen LogP contribution in [-0.2, 0) is 9.53 Å². The zero-order valence-electron chi connectivity index (χ0n) is 14.4. The number of esters is 1. The molecular weight excluding hydrogens is 407 g/mol. The van der Waals surface area contributed by atoms with E-state index in [2.05, 4.69) is 4.99 Å². The summed E-state index contributed by atoms with van der Waals surface area (Å²) in [5.74, 6) is -0.632. The van der Waals surface area contributed by atoms with Gasteiger partial charge in [0, 0.05) is 17.1 Å². The maximum atomic E-state index is 12.5. The van der Waals surface area contributed by atoms with Crippen LogP contribution in [0, 0.1) is 0 Å². The van der Waals surface area contributed by atoms with E-state index >= 15 is 0 Å². The molecule has 0 unspecified atom stereocenters. The Bertz CT molecular complexity index is 989. The minimum Gasteiger partial charge on any atom is -0.465 e. The first-order valence-electron chi connectivity index (χ1n) is 7.79. The Kier molecular flexibility index (Phi) is 5.89. The third-order valence-corrected chi connectivity index (χ3v) is 5.37. The largest absolute Gasteiger partial charge is 0.465 e. The van der Waals surface area contributed by atoms with Gasteiger partial charge in [-0.2, -0.15) is 0 Å². The lowest BCUT2D eigenvalue weighted by Crippen LogP contribution is -2.23. The number of thioether (sulfide) groups is 1. The van der Waals surface area contributed by atoms with Crippen molar-refractivity contribution < 1.29 is 14.3 Å². The molecule has 3 rings (SSSR count). The summed E-state index contributed by atoms with van der Waals surface area (Å²) in [6, 6.07) is 11.8. The molecule has 0 aromatic heterocycles.